The Morgan fingerprint density at radius 3 is 2.00 bits per heavy atom. The van der Waals surface area contributed by atoms with E-state index in [0.29, 0.717) is 0 Å². The molecule has 0 N–H and O–H groups in total. The van der Waals surface area contributed by atoms with Gasteiger partial charge in [-0.25, -0.2) is 0 Å². The standard InChI is InChI=1S/C15H22O9/c1-8(16)20-6-12-13(22-9(2)17)14(23-10(3)18)15(5,7-21-12)24-11(4)19/h12-14H,6-7H2,1-5H3/t12-,13-,14+,15-/m1/s1. The average Bonchev–Trinajstić information content (AvgIpc) is 2.40. The van der Waals surface area contributed by atoms with Crippen molar-refractivity contribution >= 4 is 23.9 Å². The summed E-state index contributed by atoms with van der Waals surface area (Å²) in [5.74, 6) is -2.46. The Kier molecular flexibility index (Phi) is 6.70. The maximum atomic E-state index is 11.5. The Morgan fingerprint density at radius 1 is 0.958 bits per heavy atom. The predicted molar refractivity (Wildman–Crippen MR) is 77.7 cm³/mol. The zero-order valence-corrected chi connectivity index (χ0v) is 14.3. The van der Waals surface area contributed by atoms with Crippen molar-refractivity contribution in [2.45, 2.75) is 58.5 Å². The summed E-state index contributed by atoms with van der Waals surface area (Å²) in [5, 5.41) is 0. The van der Waals surface area contributed by atoms with Crippen molar-refractivity contribution in [2.24, 2.45) is 0 Å². The smallest absolute Gasteiger partial charge is 0.303 e. The maximum absolute atomic E-state index is 11.5. The maximum Gasteiger partial charge on any atom is 0.303 e. The Morgan fingerprint density at radius 2 is 1.54 bits per heavy atom. The molecule has 0 aromatic rings. The average molecular weight is 346 g/mol. The molecule has 1 aliphatic rings. The molecule has 1 rings (SSSR count). The summed E-state index contributed by atoms with van der Waals surface area (Å²) in [4.78, 5) is 45.3. The van der Waals surface area contributed by atoms with E-state index in [1.54, 1.807) is 0 Å². The molecule has 1 saturated heterocycles. The van der Waals surface area contributed by atoms with Crippen LogP contribution in [0.4, 0.5) is 0 Å². The molecule has 1 aliphatic heterocycles. The number of rotatable bonds is 5. The Bertz CT molecular complexity index is 515. The van der Waals surface area contributed by atoms with Gasteiger partial charge in [0.15, 0.2) is 17.8 Å². The molecule has 9 nitrogen and oxygen atoms in total. The van der Waals surface area contributed by atoms with Crippen LogP contribution in [0.15, 0.2) is 0 Å². The highest BCUT2D eigenvalue weighted by molar-refractivity contribution is 5.69. The lowest BCUT2D eigenvalue weighted by Gasteiger charge is -2.46. The van der Waals surface area contributed by atoms with Gasteiger partial charge in [0, 0.05) is 27.7 Å². The molecule has 0 amide bonds. The van der Waals surface area contributed by atoms with Gasteiger partial charge in [-0.05, 0) is 6.92 Å². The van der Waals surface area contributed by atoms with Crippen molar-refractivity contribution in [1.29, 1.82) is 0 Å². The number of hydrogen-bond donors (Lipinski definition) is 0. The first-order chi connectivity index (χ1) is 11.0. The van der Waals surface area contributed by atoms with Gasteiger partial charge in [0.05, 0.1) is 6.61 Å². The summed E-state index contributed by atoms with van der Waals surface area (Å²) in [6.07, 6.45) is -3.09. The highest BCUT2D eigenvalue weighted by Crippen LogP contribution is 2.32. The Balaban J connectivity index is 3.13. The summed E-state index contributed by atoms with van der Waals surface area (Å²) < 4.78 is 26.1. The van der Waals surface area contributed by atoms with E-state index in [0.717, 1.165) is 0 Å². The van der Waals surface area contributed by atoms with Crippen molar-refractivity contribution in [3.63, 3.8) is 0 Å². The minimum absolute atomic E-state index is 0.131. The van der Waals surface area contributed by atoms with Crippen LogP contribution in [0, 0.1) is 0 Å². The van der Waals surface area contributed by atoms with Gasteiger partial charge in [-0.3, -0.25) is 19.2 Å². The third-order valence-electron chi connectivity index (χ3n) is 3.27. The molecule has 0 saturated carbocycles. The van der Waals surface area contributed by atoms with E-state index < -0.39 is 47.8 Å². The fourth-order valence-electron chi connectivity index (χ4n) is 2.45. The Labute approximate surface area is 139 Å². The second-order valence-electron chi connectivity index (χ2n) is 5.66. The van der Waals surface area contributed by atoms with E-state index >= 15 is 0 Å². The fourth-order valence-corrected chi connectivity index (χ4v) is 2.45. The molecular weight excluding hydrogens is 324 g/mol. The van der Waals surface area contributed by atoms with Gasteiger partial charge >= 0.3 is 23.9 Å². The molecule has 24 heavy (non-hydrogen) atoms. The van der Waals surface area contributed by atoms with Crippen molar-refractivity contribution < 1.29 is 42.9 Å². The quantitative estimate of drug-likeness (QED) is 0.506. The van der Waals surface area contributed by atoms with Gasteiger partial charge in [-0.1, -0.05) is 0 Å². The highest BCUT2D eigenvalue weighted by Gasteiger charge is 2.54. The number of carbonyl (C=O) groups is 4. The van der Waals surface area contributed by atoms with E-state index in [4.69, 9.17) is 23.7 Å². The predicted octanol–water partition coefficient (Wildman–Crippen LogP) is 0.134. The summed E-state index contributed by atoms with van der Waals surface area (Å²) >= 11 is 0. The largest absolute Gasteiger partial charge is 0.463 e. The van der Waals surface area contributed by atoms with Crippen LogP contribution >= 0.6 is 0 Å². The van der Waals surface area contributed by atoms with Gasteiger partial charge < -0.3 is 23.7 Å². The fraction of sp³-hybridized carbons (Fsp3) is 0.733. The molecule has 1 heterocycles. The van der Waals surface area contributed by atoms with Gasteiger partial charge in [-0.2, -0.15) is 0 Å². The van der Waals surface area contributed by atoms with Crippen LogP contribution in [-0.2, 0) is 42.9 Å². The zero-order valence-electron chi connectivity index (χ0n) is 14.3. The first kappa shape index (κ1) is 19.9. The normalized spacial score (nSPS) is 29.3. The second kappa shape index (κ2) is 8.09. The molecule has 0 aromatic heterocycles. The SMILES string of the molecule is CC(=O)OC[C@H]1OC[C@@](C)(OC(C)=O)[C@@H](OC(C)=O)[C@@H]1OC(C)=O. The van der Waals surface area contributed by atoms with Gasteiger partial charge in [-0.15, -0.1) is 0 Å². The van der Waals surface area contributed by atoms with E-state index in [1.807, 2.05) is 0 Å². The minimum atomic E-state index is -1.36. The third-order valence-corrected chi connectivity index (χ3v) is 3.27. The highest BCUT2D eigenvalue weighted by atomic mass is 16.7. The van der Waals surface area contributed by atoms with Gasteiger partial charge in [0.25, 0.3) is 0 Å². The molecule has 4 atom stereocenters. The molecule has 0 unspecified atom stereocenters. The minimum Gasteiger partial charge on any atom is -0.463 e. The molecule has 0 spiro atoms. The van der Waals surface area contributed by atoms with Gasteiger partial charge in [0.2, 0.25) is 0 Å². The summed E-state index contributed by atoms with van der Waals surface area (Å²) in [5.41, 5.74) is -1.36. The molecule has 9 heteroatoms. The van der Waals surface area contributed by atoms with E-state index in [9.17, 15) is 19.2 Å². The van der Waals surface area contributed by atoms with E-state index in [-0.39, 0.29) is 13.2 Å². The monoisotopic (exact) mass is 346 g/mol. The first-order valence-electron chi connectivity index (χ1n) is 7.34. The van der Waals surface area contributed by atoms with Crippen LogP contribution in [0.5, 0.6) is 0 Å². The molecule has 1 fully saturated rings. The van der Waals surface area contributed by atoms with Crippen LogP contribution in [0.2, 0.25) is 0 Å². The van der Waals surface area contributed by atoms with Crippen molar-refractivity contribution in [3.05, 3.63) is 0 Å². The molecule has 0 aliphatic carbocycles. The molecular formula is C15H22O9. The van der Waals surface area contributed by atoms with Crippen LogP contribution in [0.1, 0.15) is 34.6 Å². The third kappa shape index (κ3) is 5.48. The van der Waals surface area contributed by atoms with E-state index in [1.165, 1.54) is 34.6 Å². The van der Waals surface area contributed by atoms with Crippen molar-refractivity contribution in [3.8, 4) is 0 Å². The topological polar surface area (TPSA) is 114 Å². The molecule has 0 aromatic carbocycles. The lowest BCUT2D eigenvalue weighted by atomic mass is 9.89. The van der Waals surface area contributed by atoms with Crippen molar-refractivity contribution in [2.75, 3.05) is 13.2 Å². The van der Waals surface area contributed by atoms with E-state index in [2.05, 4.69) is 0 Å². The van der Waals surface area contributed by atoms with Crippen molar-refractivity contribution in [1.82, 2.24) is 0 Å². The van der Waals surface area contributed by atoms with Crippen LogP contribution in [0.25, 0.3) is 0 Å². The van der Waals surface area contributed by atoms with Crippen LogP contribution in [0.3, 0.4) is 0 Å². The molecule has 0 bridgehead atoms. The molecule has 0 radical (unpaired) electrons. The van der Waals surface area contributed by atoms with Crippen LogP contribution in [-0.4, -0.2) is 61.0 Å². The lowest BCUT2D eigenvalue weighted by molar-refractivity contribution is -0.258. The number of ether oxygens (including phenoxy) is 5. The van der Waals surface area contributed by atoms with Crippen LogP contribution < -0.4 is 0 Å². The Hall–Kier alpha value is -2.16. The molecule has 136 valence electrons. The number of esters is 4. The summed E-state index contributed by atoms with van der Waals surface area (Å²) in [6, 6.07) is 0. The first-order valence-corrected chi connectivity index (χ1v) is 7.34. The lowest BCUT2D eigenvalue weighted by Crippen LogP contribution is -2.64. The number of carbonyl (C=O) groups excluding carboxylic acids is 4. The number of hydrogen-bond acceptors (Lipinski definition) is 9. The summed E-state index contributed by atoms with van der Waals surface area (Å²) in [6.45, 7) is 5.93. The second-order valence-corrected chi connectivity index (χ2v) is 5.66. The van der Waals surface area contributed by atoms with Gasteiger partial charge in [0.1, 0.15) is 12.7 Å². The zero-order chi connectivity index (χ0) is 18.5. The summed E-state index contributed by atoms with van der Waals surface area (Å²) in [7, 11) is 0.